The summed E-state index contributed by atoms with van der Waals surface area (Å²) < 4.78 is 0. The van der Waals surface area contributed by atoms with E-state index >= 15 is 0 Å². The molecule has 0 amide bonds. The summed E-state index contributed by atoms with van der Waals surface area (Å²) in [5.41, 5.74) is 0.627. The van der Waals surface area contributed by atoms with E-state index in [1.807, 2.05) is 6.92 Å². The smallest absolute Gasteiger partial charge is 0.168 e. The Hall–Kier alpha value is -1.35. The predicted molar refractivity (Wildman–Crippen MR) is 60.5 cm³/mol. The Kier molecular flexibility index (Phi) is 4.84. The fourth-order valence-corrected chi connectivity index (χ4v) is 1.13. The molecule has 0 aliphatic carbocycles. The van der Waals surface area contributed by atoms with Gasteiger partial charge in [0.1, 0.15) is 6.61 Å². The van der Waals surface area contributed by atoms with Gasteiger partial charge in [0.25, 0.3) is 0 Å². The molecule has 3 nitrogen and oxygen atoms in total. The van der Waals surface area contributed by atoms with Gasteiger partial charge in [-0.3, -0.25) is 4.79 Å². The van der Waals surface area contributed by atoms with Crippen LogP contribution in [0, 0.1) is 0 Å². The van der Waals surface area contributed by atoms with Gasteiger partial charge in [0.2, 0.25) is 0 Å². The van der Waals surface area contributed by atoms with Crippen LogP contribution < -0.4 is 0 Å². The molecule has 0 bridgehead atoms. The highest BCUT2D eigenvalue weighted by atomic mass is 35.5. The highest BCUT2D eigenvalue weighted by molar-refractivity contribution is 6.30. The molecule has 0 aliphatic rings. The second-order valence-corrected chi connectivity index (χ2v) is 3.28. The van der Waals surface area contributed by atoms with Crippen LogP contribution in [0.25, 0.3) is 0 Å². The van der Waals surface area contributed by atoms with Gasteiger partial charge >= 0.3 is 0 Å². The molecule has 15 heavy (non-hydrogen) atoms. The molecule has 0 fully saturated rings. The van der Waals surface area contributed by atoms with Crippen molar-refractivity contribution in [1.29, 1.82) is 0 Å². The number of Topliss-reactive ketones (excluding diaryl/α,β-unsaturated/α-hetero) is 1. The second kappa shape index (κ2) is 6.19. The van der Waals surface area contributed by atoms with Crippen LogP contribution in [0.3, 0.4) is 0 Å². The predicted octanol–water partition coefficient (Wildman–Crippen LogP) is 2.94. The third kappa shape index (κ3) is 4.13. The number of rotatable bonds is 5. The lowest BCUT2D eigenvalue weighted by molar-refractivity contribution is 0.0998. The summed E-state index contributed by atoms with van der Waals surface area (Å²) >= 11 is 5.70. The minimum absolute atomic E-state index is 0.00452. The zero-order valence-electron chi connectivity index (χ0n) is 8.44. The summed E-state index contributed by atoms with van der Waals surface area (Å²) in [6.45, 7) is 2.34. The SMILES string of the molecule is CCO/N=C/CC(=O)c1ccc(Cl)cc1. The Morgan fingerprint density at radius 3 is 2.73 bits per heavy atom. The van der Waals surface area contributed by atoms with E-state index < -0.39 is 0 Å². The van der Waals surface area contributed by atoms with Crippen molar-refractivity contribution in [3.63, 3.8) is 0 Å². The molecule has 1 aromatic rings. The molecular formula is C11H12ClNO2. The maximum Gasteiger partial charge on any atom is 0.168 e. The van der Waals surface area contributed by atoms with Crippen LogP contribution in [0.15, 0.2) is 29.4 Å². The van der Waals surface area contributed by atoms with Gasteiger partial charge < -0.3 is 4.84 Å². The highest BCUT2D eigenvalue weighted by Crippen LogP contribution is 2.10. The van der Waals surface area contributed by atoms with Crippen molar-refractivity contribution in [2.24, 2.45) is 5.16 Å². The summed E-state index contributed by atoms with van der Waals surface area (Å²) in [5, 5.41) is 4.22. The third-order valence-electron chi connectivity index (χ3n) is 1.72. The minimum atomic E-state index is -0.00452. The van der Waals surface area contributed by atoms with Gasteiger partial charge in [-0.15, -0.1) is 0 Å². The Labute approximate surface area is 93.7 Å². The number of halogens is 1. The Morgan fingerprint density at radius 2 is 2.13 bits per heavy atom. The summed E-state index contributed by atoms with van der Waals surface area (Å²) in [7, 11) is 0. The van der Waals surface area contributed by atoms with E-state index in [1.165, 1.54) is 6.21 Å². The first-order chi connectivity index (χ1) is 7.24. The number of nitrogens with zero attached hydrogens (tertiary/aromatic N) is 1. The van der Waals surface area contributed by atoms with Crippen molar-refractivity contribution in [3.8, 4) is 0 Å². The number of oxime groups is 1. The van der Waals surface area contributed by atoms with Crippen LogP contribution in [0.5, 0.6) is 0 Å². The van der Waals surface area contributed by atoms with Crippen molar-refractivity contribution in [2.45, 2.75) is 13.3 Å². The molecule has 4 heteroatoms. The van der Waals surface area contributed by atoms with Gasteiger partial charge in [0, 0.05) is 17.0 Å². The molecule has 0 spiro atoms. The van der Waals surface area contributed by atoms with E-state index in [0.29, 0.717) is 17.2 Å². The van der Waals surface area contributed by atoms with Crippen molar-refractivity contribution in [3.05, 3.63) is 34.9 Å². The number of carbonyl (C=O) groups is 1. The highest BCUT2D eigenvalue weighted by Gasteiger charge is 2.03. The summed E-state index contributed by atoms with van der Waals surface area (Å²) in [4.78, 5) is 16.3. The molecule has 0 radical (unpaired) electrons. The van der Waals surface area contributed by atoms with Crippen LogP contribution >= 0.6 is 11.6 Å². The lowest BCUT2D eigenvalue weighted by Crippen LogP contribution is -1.99. The van der Waals surface area contributed by atoms with Crippen LogP contribution in [-0.2, 0) is 4.84 Å². The molecule has 0 atom stereocenters. The number of carbonyl (C=O) groups excluding carboxylic acids is 1. The van der Waals surface area contributed by atoms with Crippen LogP contribution in [0.4, 0.5) is 0 Å². The van der Waals surface area contributed by atoms with Crippen molar-refractivity contribution in [1.82, 2.24) is 0 Å². The molecule has 0 aliphatic heterocycles. The fraction of sp³-hybridized carbons (Fsp3) is 0.273. The first-order valence-electron chi connectivity index (χ1n) is 4.66. The number of hydrogen-bond acceptors (Lipinski definition) is 3. The lowest BCUT2D eigenvalue weighted by atomic mass is 10.1. The molecule has 0 N–H and O–H groups in total. The number of benzene rings is 1. The second-order valence-electron chi connectivity index (χ2n) is 2.84. The molecule has 1 rings (SSSR count). The molecule has 0 saturated heterocycles. The van der Waals surface area contributed by atoms with E-state index in [-0.39, 0.29) is 12.2 Å². The largest absolute Gasteiger partial charge is 0.396 e. The molecule has 0 saturated carbocycles. The first kappa shape index (κ1) is 11.7. The third-order valence-corrected chi connectivity index (χ3v) is 1.97. The van der Waals surface area contributed by atoms with Crippen molar-refractivity contribution in [2.75, 3.05) is 6.61 Å². The topological polar surface area (TPSA) is 38.7 Å². The van der Waals surface area contributed by atoms with Gasteiger partial charge in [-0.2, -0.15) is 0 Å². The average molecular weight is 226 g/mol. The van der Waals surface area contributed by atoms with E-state index in [9.17, 15) is 4.79 Å². The van der Waals surface area contributed by atoms with Crippen LogP contribution in [0.2, 0.25) is 5.02 Å². The summed E-state index contributed by atoms with van der Waals surface area (Å²) in [6.07, 6.45) is 1.70. The Balaban J connectivity index is 2.50. The molecule has 1 aromatic carbocycles. The summed E-state index contributed by atoms with van der Waals surface area (Å²) in [5.74, 6) is -0.00452. The quantitative estimate of drug-likeness (QED) is 0.439. The molecule has 0 unspecified atom stereocenters. The van der Waals surface area contributed by atoms with Gasteiger partial charge in [-0.25, -0.2) is 0 Å². The van der Waals surface area contributed by atoms with Gasteiger partial charge in [0.15, 0.2) is 5.78 Å². The van der Waals surface area contributed by atoms with Gasteiger partial charge in [0.05, 0.1) is 6.21 Å². The van der Waals surface area contributed by atoms with E-state index in [1.54, 1.807) is 24.3 Å². The monoisotopic (exact) mass is 225 g/mol. The first-order valence-corrected chi connectivity index (χ1v) is 5.04. The molecule has 0 aromatic heterocycles. The molecule has 0 heterocycles. The van der Waals surface area contributed by atoms with Crippen molar-refractivity contribution < 1.29 is 9.63 Å². The standard InChI is InChI=1S/C11H12ClNO2/c1-2-15-13-8-7-11(14)9-3-5-10(12)6-4-9/h3-6,8H,2,7H2,1H3/b13-8+. The fourth-order valence-electron chi connectivity index (χ4n) is 1.00. The number of hydrogen-bond donors (Lipinski definition) is 0. The number of ketones is 1. The lowest BCUT2D eigenvalue weighted by Gasteiger charge is -1.97. The maximum atomic E-state index is 11.5. The zero-order chi connectivity index (χ0) is 11.1. The van der Waals surface area contributed by atoms with Crippen LogP contribution in [0.1, 0.15) is 23.7 Å². The molecule has 80 valence electrons. The summed E-state index contributed by atoms with van der Waals surface area (Å²) in [6, 6.07) is 6.77. The Bertz CT molecular complexity index is 346. The average Bonchev–Trinajstić information content (AvgIpc) is 2.25. The van der Waals surface area contributed by atoms with E-state index in [2.05, 4.69) is 5.16 Å². The van der Waals surface area contributed by atoms with E-state index in [0.717, 1.165) is 0 Å². The zero-order valence-corrected chi connectivity index (χ0v) is 9.20. The maximum absolute atomic E-state index is 11.5. The van der Waals surface area contributed by atoms with Gasteiger partial charge in [-0.1, -0.05) is 16.8 Å². The molecular weight excluding hydrogens is 214 g/mol. The van der Waals surface area contributed by atoms with E-state index in [4.69, 9.17) is 16.4 Å². The van der Waals surface area contributed by atoms with Crippen LogP contribution in [-0.4, -0.2) is 18.6 Å². The Morgan fingerprint density at radius 1 is 1.47 bits per heavy atom. The minimum Gasteiger partial charge on any atom is -0.396 e. The van der Waals surface area contributed by atoms with Crippen molar-refractivity contribution >= 4 is 23.6 Å². The normalized spacial score (nSPS) is 10.5. The van der Waals surface area contributed by atoms with Gasteiger partial charge in [-0.05, 0) is 31.2 Å².